The maximum absolute atomic E-state index is 8.53. The quantitative estimate of drug-likeness (QED) is 0.471. The fourth-order valence-electron chi connectivity index (χ4n) is 0.883. The van der Waals surface area contributed by atoms with Crippen LogP contribution in [0.5, 0.6) is 0 Å². The first-order valence-corrected chi connectivity index (χ1v) is 4.06. The summed E-state index contributed by atoms with van der Waals surface area (Å²) in [6, 6.07) is 0. The zero-order valence-corrected chi connectivity index (χ0v) is 7.47. The van der Waals surface area contributed by atoms with Gasteiger partial charge in [-0.3, -0.25) is 0 Å². The molecule has 2 heteroatoms. The molecule has 0 rings (SSSR count). The Kier molecular flexibility index (Phi) is 7.52. The van der Waals surface area contributed by atoms with E-state index in [9.17, 15) is 0 Å². The minimum Gasteiger partial charge on any atom is -0.396 e. The molecular formula is C9H18O2. The molecule has 0 saturated carbocycles. The lowest BCUT2D eigenvalue weighted by molar-refractivity contribution is 0.204. The van der Waals surface area contributed by atoms with Gasteiger partial charge in [0.05, 0.1) is 0 Å². The van der Waals surface area contributed by atoms with E-state index in [0.717, 1.165) is 25.9 Å². The number of hydrogen-bond acceptors (Lipinski definition) is 2. The highest BCUT2D eigenvalue weighted by Gasteiger charge is 1.88. The first-order valence-electron chi connectivity index (χ1n) is 4.06. The normalized spacial score (nSPS) is 12.1. The second kappa shape index (κ2) is 7.76. The van der Waals surface area contributed by atoms with Crippen LogP contribution in [0.2, 0.25) is 0 Å². The molecule has 0 aromatic carbocycles. The molecule has 0 aromatic heterocycles. The van der Waals surface area contributed by atoms with Crippen molar-refractivity contribution in [3.63, 3.8) is 0 Å². The number of allylic oxidation sites excluding steroid dienone is 1. The maximum Gasteiger partial charge on any atom is 0.0496 e. The van der Waals surface area contributed by atoms with Crippen LogP contribution in [0.3, 0.4) is 0 Å². The van der Waals surface area contributed by atoms with Gasteiger partial charge in [-0.2, -0.15) is 0 Å². The zero-order chi connectivity index (χ0) is 8.53. The number of hydrogen-bond donors (Lipinski definition) is 1. The molecule has 1 N–H and O–H groups in total. The molecular weight excluding hydrogens is 140 g/mol. The molecule has 66 valence electrons. The van der Waals surface area contributed by atoms with E-state index in [4.69, 9.17) is 9.84 Å². The first kappa shape index (κ1) is 10.7. The molecule has 0 aliphatic rings. The van der Waals surface area contributed by atoms with Gasteiger partial charge >= 0.3 is 0 Å². The lowest BCUT2D eigenvalue weighted by atomic mass is 10.1. The van der Waals surface area contributed by atoms with Crippen LogP contribution < -0.4 is 0 Å². The molecule has 2 nitrogen and oxygen atoms in total. The van der Waals surface area contributed by atoms with Gasteiger partial charge in [-0.05, 0) is 26.2 Å². The van der Waals surface area contributed by atoms with Gasteiger partial charge in [-0.25, -0.2) is 0 Å². The van der Waals surface area contributed by atoms with E-state index in [0.29, 0.717) is 0 Å². The minimum atomic E-state index is 0.287. The highest BCUT2D eigenvalue weighted by molar-refractivity contribution is 4.97. The summed E-state index contributed by atoms with van der Waals surface area (Å²) in [4.78, 5) is 0. The van der Waals surface area contributed by atoms with Gasteiger partial charge in [0.2, 0.25) is 0 Å². The maximum atomic E-state index is 8.53. The Morgan fingerprint density at radius 1 is 1.55 bits per heavy atom. The lowest BCUT2D eigenvalue weighted by Gasteiger charge is -1.98. The van der Waals surface area contributed by atoms with Crippen molar-refractivity contribution in [3.05, 3.63) is 11.6 Å². The summed E-state index contributed by atoms with van der Waals surface area (Å²) in [7, 11) is 1.71. The average molecular weight is 158 g/mol. The van der Waals surface area contributed by atoms with E-state index in [1.54, 1.807) is 7.11 Å². The Hall–Kier alpha value is -0.340. The molecule has 0 spiro atoms. The van der Waals surface area contributed by atoms with E-state index in [1.807, 2.05) is 0 Å². The number of aliphatic hydroxyl groups excluding tert-OH is 1. The van der Waals surface area contributed by atoms with Crippen LogP contribution in [0.25, 0.3) is 0 Å². The van der Waals surface area contributed by atoms with E-state index in [-0.39, 0.29) is 6.61 Å². The number of ether oxygens (including phenoxy) is 1. The summed E-state index contributed by atoms with van der Waals surface area (Å²) in [5.41, 5.74) is 1.34. The third kappa shape index (κ3) is 7.56. The van der Waals surface area contributed by atoms with Gasteiger partial charge in [0.25, 0.3) is 0 Å². The van der Waals surface area contributed by atoms with Crippen molar-refractivity contribution >= 4 is 0 Å². The standard InChI is InChI=1S/C9H18O2/c1-9(5-3-7-10)6-4-8-11-2/h6,10H,3-5,7-8H2,1-2H3. The average Bonchev–Trinajstić information content (AvgIpc) is 2.01. The first-order chi connectivity index (χ1) is 5.31. The number of methoxy groups -OCH3 is 1. The highest BCUT2D eigenvalue weighted by atomic mass is 16.5. The van der Waals surface area contributed by atoms with Gasteiger partial charge in [0.15, 0.2) is 0 Å². The molecule has 0 aromatic rings. The topological polar surface area (TPSA) is 29.5 Å². The largest absolute Gasteiger partial charge is 0.396 e. The van der Waals surface area contributed by atoms with E-state index < -0.39 is 0 Å². The van der Waals surface area contributed by atoms with Crippen LogP contribution in [0.1, 0.15) is 26.2 Å². The lowest BCUT2D eigenvalue weighted by Crippen LogP contribution is -1.87. The van der Waals surface area contributed by atoms with Gasteiger partial charge in [-0.1, -0.05) is 11.6 Å². The van der Waals surface area contributed by atoms with Crippen molar-refractivity contribution in [2.24, 2.45) is 0 Å². The predicted molar refractivity (Wildman–Crippen MR) is 46.6 cm³/mol. The molecule has 0 radical (unpaired) electrons. The van der Waals surface area contributed by atoms with E-state index in [2.05, 4.69) is 13.0 Å². The Morgan fingerprint density at radius 3 is 2.82 bits per heavy atom. The predicted octanol–water partition coefficient (Wildman–Crippen LogP) is 1.74. The van der Waals surface area contributed by atoms with Crippen LogP contribution in [-0.2, 0) is 4.74 Å². The molecule has 0 bridgehead atoms. The van der Waals surface area contributed by atoms with Crippen molar-refractivity contribution in [2.45, 2.75) is 26.2 Å². The number of aliphatic hydroxyl groups is 1. The second-order valence-corrected chi connectivity index (χ2v) is 2.66. The van der Waals surface area contributed by atoms with Crippen molar-refractivity contribution < 1.29 is 9.84 Å². The summed E-state index contributed by atoms with van der Waals surface area (Å²) in [6.07, 6.45) is 5.02. The summed E-state index contributed by atoms with van der Waals surface area (Å²) in [6.45, 7) is 3.16. The molecule has 0 aliphatic heterocycles. The van der Waals surface area contributed by atoms with Crippen LogP contribution in [-0.4, -0.2) is 25.4 Å². The molecule has 0 saturated heterocycles. The summed E-state index contributed by atoms with van der Waals surface area (Å²) in [5, 5.41) is 8.53. The van der Waals surface area contributed by atoms with Crippen LogP contribution in [0.4, 0.5) is 0 Å². The number of rotatable bonds is 6. The van der Waals surface area contributed by atoms with Gasteiger partial charge < -0.3 is 9.84 Å². The second-order valence-electron chi connectivity index (χ2n) is 2.66. The van der Waals surface area contributed by atoms with Crippen molar-refractivity contribution in [1.29, 1.82) is 0 Å². The fraction of sp³-hybridized carbons (Fsp3) is 0.778. The molecule has 0 fully saturated rings. The zero-order valence-electron chi connectivity index (χ0n) is 7.47. The van der Waals surface area contributed by atoms with Crippen molar-refractivity contribution in [3.8, 4) is 0 Å². The SMILES string of the molecule is COCCC=C(C)CCCO. The van der Waals surface area contributed by atoms with Crippen molar-refractivity contribution in [1.82, 2.24) is 0 Å². The van der Waals surface area contributed by atoms with Crippen LogP contribution in [0.15, 0.2) is 11.6 Å². The van der Waals surface area contributed by atoms with Crippen LogP contribution in [0, 0.1) is 0 Å². The fourth-order valence-corrected chi connectivity index (χ4v) is 0.883. The van der Waals surface area contributed by atoms with Crippen molar-refractivity contribution in [2.75, 3.05) is 20.3 Å². The molecule has 0 aliphatic carbocycles. The Labute approximate surface area is 68.9 Å². The van der Waals surface area contributed by atoms with Gasteiger partial charge in [-0.15, -0.1) is 0 Å². The molecule has 11 heavy (non-hydrogen) atoms. The Balaban J connectivity index is 3.30. The van der Waals surface area contributed by atoms with E-state index in [1.165, 1.54) is 5.57 Å². The Morgan fingerprint density at radius 2 is 2.27 bits per heavy atom. The molecule has 0 unspecified atom stereocenters. The third-order valence-electron chi connectivity index (χ3n) is 1.54. The molecule has 0 amide bonds. The third-order valence-corrected chi connectivity index (χ3v) is 1.54. The van der Waals surface area contributed by atoms with Gasteiger partial charge in [0.1, 0.15) is 0 Å². The van der Waals surface area contributed by atoms with Gasteiger partial charge in [0, 0.05) is 20.3 Å². The smallest absolute Gasteiger partial charge is 0.0496 e. The summed E-state index contributed by atoms with van der Waals surface area (Å²) < 4.78 is 4.90. The van der Waals surface area contributed by atoms with Crippen LogP contribution >= 0.6 is 0 Å². The Bertz CT molecular complexity index is 108. The summed E-state index contributed by atoms with van der Waals surface area (Å²) in [5.74, 6) is 0. The molecule has 0 atom stereocenters. The van der Waals surface area contributed by atoms with E-state index >= 15 is 0 Å². The minimum absolute atomic E-state index is 0.287. The monoisotopic (exact) mass is 158 g/mol. The summed E-state index contributed by atoms with van der Waals surface area (Å²) >= 11 is 0. The highest BCUT2D eigenvalue weighted by Crippen LogP contribution is 2.03. The molecule has 0 heterocycles.